The Kier molecular flexibility index (Phi) is 4.14. The molecule has 0 heterocycles. The smallest absolute Gasteiger partial charge is 0.237 e. The lowest BCUT2D eigenvalue weighted by Gasteiger charge is -2.38. The molecule has 1 aliphatic carbocycles. The van der Waals surface area contributed by atoms with Gasteiger partial charge in [-0.15, -0.1) is 0 Å². The highest BCUT2D eigenvalue weighted by molar-refractivity contribution is 5.84. The standard InChI is InChI=1S/C12H24N2O/c1-9(2)8-14-12(11(13)15)6-4-5-10(3)7-12/h9-10,14H,4-8H2,1-3H3,(H2,13,15). The van der Waals surface area contributed by atoms with Crippen molar-refractivity contribution in [1.29, 1.82) is 0 Å². The Labute approximate surface area is 92.8 Å². The third-order valence-corrected chi connectivity index (χ3v) is 3.32. The van der Waals surface area contributed by atoms with E-state index in [1.807, 2.05) is 0 Å². The number of amides is 1. The van der Waals surface area contributed by atoms with Crippen molar-refractivity contribution in [3.05, 3.63) is 0 Å². The molecule has 1 saturated carbocycles. The molecule has 0 spiro atoms. The quantitative estimate of drug-likeness (QED) is 0.744. The number of hydrogen-bond acceptors (Lipinski definition) is 2. The topological polar surface area (TPSA) is 55.1 Å². The summed E-state index contributed by atoms with van der Waals surface area (Å²) in [6.07, 6.45) is 4.13. The first-order valence-corrected chi connectivity index (χ1v) is 6.01. The summed E-state index contributed by atoms with van der Waals surface area (Å²) < 4.78 is 0. The SMILES string of the molecule is CC(C)CNC1(C(N)=O)CCCC(C)C1. The van der Waals surface area contributed by atoms with Gasteiger partial charge in [-0.2, -0.15) is 0 Å². The minimum Gasteiger partial charge on any atom is -0.368 e. The molecule has 0 aromatic heterocycles. The fraction of sp³-hybridized carbons (Fsp3) is 0.917. The molecule has 3 N–H and O–H groups in total. The Morgan fingerprint density at radius 1 is 1.60 bits per heavy atom. The molecule has 0 bridgehead atoms. The normalized spacial score (nSPS) is 31.9. The van der Waals surface area contributed by atoms with Gasteiger partial charge < -0.3 is 11.1 Å². The van der Waals surface area contributed by atoms with E-state index in [1.165, 1.54) is 6.42 Å². The van der Waals surface area contributed by atoms with Gasteiger partial charge >= 0.3 is 0 Å². The van der Waals surface area contributed by atoms with Crippen LogP contribution in [0.1, 0.15) is 46.5 Å². The van der Waals surface area contributed by atoms with Gasteiger partial charge in [0.05, 0.1) is 5.54 Å². The van der Waals surface area contributed by atoms with Crippen molar-refractivity contribution in [2.24, 2.45) is 17.6 Å². The summed E-state index contributed by atoms with van der Waals surface area (Å²) in [6, 6.07) is 0. The molecule has 1 amide bonds. The molecule has 0 aromatic carbocycles. The third kappa shape index (κ3) is 3.20. The van der Waals surface area contributed by atoms with E-state index < -0.39 is 5.54 Å². The van der Waals surface area contributed by atoms with Gasteiger partial charge in [0.15, 0.2) is 0 Å². The van der Waals surface area contributed by atoms with Gasteiger partial charge in [0.25, 0.3) is 0 Å². The lowest BCUT2D eigenvalue weighted by Crippen LogP contribution is -2.58. The molecule has 3 heteroatoms. The van der Waals surface area contributed by atoms with Crippen LogP contribution in [0, 0.1) is 11.8 Å². The summed E-state index contributed by atoms with van der Waals surface area (Å²) in [5.41, 5.74) is 5.12. The number of nitrogens with one attached hydrogen (secondary N) is 1. The van der Waals surface area contributed by atoms with Crippen molar-refractivity contribution < 1.29 is 4.79 Å². The summed E-state index contributed by atoms with van der Waals surface area (Å²) in [5, 5.41) is 3.39. The van der Waals surface area contributed by atoms with E-state index >= 15 is 0 Å². The van der Waals surface area contributed by atoms with Crippen LogP contribution in [0.15, 0.2) is 0 Å². The lowest BCUT2D eigenvalue weighted by molar-refractivity contribution is -0.126. The van der Waals surface area contributed by atoms with E-state index in [4.69, 9.17) is 5.73 Å². The van der Waals surface area contributed by atoms with Gasteiger partial charge in [-0.3, -0.25) is 4.79 Å². The van der Waals surface area contributed by atoms with Crippen molar-refractivity contribution in [3.63, 3.8) is 0 Å². The molecule has 1 rings (SSSR count). The molecule has 1 fully saturated rings. The van der Waals surface area contributed by atoms with Gasteiger partial charge in [-0.1, -0.05) is 33.6 Å². The van der Waals surface area contributed by atoms with Crippen LogP contribution in [0.25, 0.3) is 0 Å². The molecule has 2 atom stereocenters. The van der Waals surface area contributed by atoms with Crippen molar-refractivity contribution in [2.45, 2.75) is 52.0 Å². The van der Waals surface area contributed by atoms with Crippen molar-refractivity contribution >= 4 is 5.91 Å². The van der Waals surface area contributed by atoms with E-state index in [-0.39, 0.29) is 5.91 Å². The Morgan fingerprint density at radius 3 is 2.73 bits per heavy atom. The molecule has 15 heavy (non-hydrogen) atoms. The Hall–Kier alpha value is -0.570. The van der Waals surface area contributed by atoms with Crippen molar-refractivity contribution in [3.8, 4) is 0 Å². The predicted molar refractivity (Wildman–Crippen MR) is 62.4 cm³/mol. The minimum atomic E-state index is -0.429. The first-order chi connectivity index (χ1) is 6.96. The largest absolute Gasteiger partial charge is 0.368 e. The molecule has 0 aromatic rings. The first-order valence-electron chi connectivity index (χ1n) is 6.01. The first kappa shape index (κ1) is 12.5. The zero-order valence-corrected chi connectivity index (χ0v) is 10.2. The van der Waals surface area contributed by atoms with Crippen LogP contribution in [0.3, 0.4) is 0 Å². The second-order valence-corrected chi connectivity index (χ2v) is 5.42. The fourth-order valence-corrected chi connectivity index (χ4v) is 2.42. The molecule has 1 aliphatic rings. The maximum atomic E-state index is 11.6. The van der Waals surface area contributed by atoms with E-state index in [0.717, 1.165) is 25.8 Å². The Morgan fingerprint density at radius 2 is 2.27 bits per heavy atom. The molecule has 0 radical (unpaired) electrons. The van der Waals surface area contributed by atoms with E-state index in [1.54, 1.807) is 0 Å². The van der Waals surface area contributed by atoms with Crippen LogP contribution < -0.4 is 11.1 Å². The molecule has 3 nitrogen and oxygen atoms in total. The number of primary amides is 1. The van der Waals surface area contributed by atoms with Crippen LogP contribution in [0.4, 0.5) is 0 Å². The number of hydrogen-bond donors (Lipinski definition) is 2. The maximum Gasteiger partial charge on any atom is 0.237 e. The van der Waals surface area contributed by atoms with Crippen LogP contribution >= 0.6 is 0 Å². The Bertz CT molecular complexity index is 228. The average Bonchev–Trinajstić information content (AvgIpc) is 2.14. The summed E-state index contributed by atoms with van der Waals surface area (Å²) in [5.74, 6) is 0.985. The summed E-state index contributed by atoms with van der Waals surface area (Å²) >= 11 is 0. The molecule has 0 saturated heterocycles. The van der Waals surface area contributed by atoms with E-state index in [0.29, 0.717) is 11.8 Å². The second kappa shape index (κ2) is 4.97. The number of nitrogens with two attached hydrogens (primary N) is 1. The van der Waals surface area contributed by atoms with E-state index in [9.17, 15) is 4.79 Å². The highest BCUT2D eigenvalue weighted by Crippen LogP contribution is 2.32. The highest BCUT2D eigenvalue weighted by atomic mass is 16.1. The number of carbonyl (C=O) groups is 1. The van der Waals surface area contributed by atoms with Crippen molar-refractivity contribution in [1.82, 2.24) is 5.32 Å². The molecular formula is C12H24N2O. The fourth-order valence-electron chi connectivity index (χ4n) is 2.42. The van der Waals surface area contributed by atoms with Crippen LogP contribution in [-0.2, 0) is 4.79 Å². The van der Waals surface area contributed by atoms with Crippen molar-refractivity contribution in [2.75, 3.05) is 6.54 Å². The van der Waals surface area contributed by atoms with Gasteiger partial charge in [0.1, 0.15) is 0 Å². The lowest BCUT2D eigenvalue weighted by atomic mass is 9.75. The average molecular weight is 212 g/mol. The van der Waals surface area contributed by atoms with Gasteiger partial charge in [-0.05, 0) is 31.2 Å². The molecule has 0 aliphatic heterocycles. The summed E-state index contributed by atoms with van der Waals surface area (Å²) in [7, 11) is 0. The molecule has 88 valence electrons. The summed E-state index contributed by atoms with van der Waals surface area (Å²) in [4.78, 5) is 11.6. The van der Waals surface area contributed by atoms with Crippen LogP contribution in [0.5, 0.6) is 0 Å². The van der Waals surface area contributed by atoms with E-state index in [2.05, 4.69) is 26.1 Å². The van der Waals surface area contributed by atoms with Crippen LogP contribution in [-0.4, -0.2) is 18.0 Å². The molecule has 2 unspecified atom stereocenters. The maximum absolute atomic E-state index is 11.6. The molecular weight excluding hydrogens is 188 g/mol. The number of carbonyl (C=O) groups excluding carboxylic acids is 1. The second-order valence-electron chi connectivity index (χ2n) is 5.42. The predicted octanol–water partition coefficient (Wildman–Crippen LogP) is 1.67. The minimum absolute atomic E-state index is 0.172. The summed E-state index contributed by atoms with van der Waals surface area (Å²) in [6.45, 7) is 7.37. The highest BCUT2D eigenvalue weighted by Gasteiger charge is 2.39. The zero-order valence-electron chi connectivity index (χ0n) is 10.2. The third-order valence-electron chi connectivity index (χ3n) is 3.32. The van der Waals surface area contributed by atoms with Crippen LogP contribution in [0.2, 0.25) is 0 Å². The monoisotopic (exact) mass is 212 g/mol. The Balaban J connectivity index is 2.65. The van der Waals surface area contributed by atoms with Gasteiger partial charge in [0, 0.05) is 0 Å². The number of rotatable bonds is 4. The van der Waals surface area contributed by atoms with Gasteiger partial charge in [0.2, 0.25) is 5.91 Å². The zero-order chi connectivity index (χ0) is 11.5. The van der Waals surface area contributed by atoms with Gasteiger partial charge in [-0.25, -0.2) is 0 Å².